The van der Waals surface area contributed by atoms with E-state index in [0.717, 1.165) is 12.0 Å². The van der Waals surface area contributed by atoms with Crippen LogP contribution in [-0.2, 0) is 0 Å². The van der Waals surface area contributed by atoms with Crippen molar-refractivity contribution < 1.29 is 0 Å². The minimum Gasteiger partial charge on any atom is -0.301 e. The van der Waals surface area contributed by atoms with Gasteiger partial charge in [0.25, 0.3) is 0 Å². The fourth-order valence-corrected chi connectivity index (χ4v) is 4.84. The summed E-state index contributed by atoms with van der Waals surface area (Å²) in [5.74, 6) is 0.957. The molecule has 0 N–H and O–H groups in total. The van der Waals surface area contributed by atoms with Crippen molar-refractivity contribution in [2.24, 2.45) is 5.92 Å². The molecule has 3 rings (SSSR count). The molecule has 0 bridgehead atoms. The molecule has 0 radical (unpaired) electrons. The zero-order valence-corrected chi connectivity index (χ0v) is 18.4. The van der Waals surface area contributed by atoms with Gasteiger partial charge in [0.15, 0.2) is 0 Å². The van der Waals surface area contributed by atoms with Crippen molar-refractivity contribution in [3.05, 3.63) is 0 Å². The molecule has 0 aromatic heterocycles. The lowest BCUT2D eigenvalue weighted by molar-refractivity contribution is -0.0381. The van der Waals surface area contributed by atoms with Crippen molar-refractivity contribution in [2.75, 3.05) is 58.9 Å². The number of nitrogens with zero attached hydrogens (tertiary/aromatic N) is 4. The number of likely N-dealkylation sites (tertiary alicyclic amines) is 2. The lowest BCUT2D eigenvalue weighted by Crippen LogP contribution is -2.66. The third kappa shape index (κ3) is 5.21. The molecule has 0 aromatic rings. The van der Waals surface area contributed by atoms with Gasteiger partial charge in [0.1, 0.15) is 0 Å². The highest BCUT2D eigenvalue weighted by molar-refractivity contribution is 4.95. The summed E-state index contributed by atoms with van der Waals surface area (Å²) in [4.78, 5) is 10.8. The molecule has 152 valence electrons. The number of piperazine rings is 1. The van der Waals surface area contributed by atoms with E-state index in [9.17, 15) is 0 Å². The molecule has 0 spiro atoms. The van der Waals surface area contributed by atoms with E-state index in [4.69, 9.17) is 0 Å². The summed E-state index contributed by atoms with van der Waals surface area (Å²) in [5, 5.41) is 0. The molecule has 3 aliphatic heterocycles. The molecule has 0 amide bonds. The lowest BCUT2D eigenvalue weighted by Gasteiger charge is -2.53. The Morgan fingerprint density at radius 3 is 1.73 bits per heavy atom. The Kier molecular flexibility index (Phi) is 6.38. The van der Waals surface area contributed by atoms with Gasteiger partial charge < -0.3 is 4.90 Å². The van der Waals surface area contributed by atoms with Crippen LogP contribution in [-0.4, -0.2) is 95.6 Å². The van der Waals surface area contributed by atoms with Crippen LogP contribution in [0, 0.1) is 5.92 Å². The van der Waals surface area contributed by atoms with Crippen LogP contribution in [0.3, 0.4) is 0 Å². The SMILES string of the molecule is CC(C)(C)N1CCC(CCN2CCN(C3CN(C(C)(C)C)C3)CC2)CC1. The average molecular weight is 365 g/mol. The largest absolute Gasteiger partial charge is 0.301 e. The Balaban J connectivity index is 1.30. The van der Waals surface area contributed by atoms with Gasteiger partial charge in [-0.1, -0.05) is 0 Å². The third-order valence-electron chi connectivity index (χ3n) is 7.15. The van der Waals surface area contributed by atoms with E-state index in [1.807, 2.05) is 0 Å². The van der Waals surface area contributed by atoms with Crippen LogP contribution in [0.5, 0.6) is 0 Å². The Morgan fingerprint density at radius 1 is 0.692 bits per heavy atom. The molecule has 0 unspecified atom stereocenters. The first-order valence-corrected chi connectivity index (χ1v) is 11.1. The van der Waals surface area contributed by atoms with Crippen molar-refractivity contribution in [1.29, 1.82) is 0 Å². The summed E-state index contributed by atoms with van der Waals surface area (Å²) in [7, 11) is 0. The second-order valence-electron chi connectivity index (χ2n) is 11.0. The summed E-state index contributed by atoms with van der Waals surface area (Å²) in [5.41, 5.74) is 0.701. The molecule has 0 saturated carbocycles. The summed E-state index contributed by atoms with van der Waals surface area (Å²) in [6.07, 6.45) is 4.23. The minimum atomic E-state index is 0.348. The highest BCUT2D eigenvalue weighted by Crippen LogP contribution is 2.27. The van der Waals surface area contributed by atoms with Crippen LogP contribution in [0.15, 0.2) is 0 Å². The highest BCUT2D eigenvalue weighted by atomic mass is 15.4. The molecular weight excluding hydrogens is 320 g/mol. The Hall–Kier alpha value is -0.160. The van der Waals surface area contributed by atoms with E-state index in [1.165, 1.54) is 78.2 Å². The normalized spacial score (nSPS) is 27.0. The molecule has 3 saturated heterocycles. The van der Waals surface area contributed by atoms with E-state index in [-0.39, 0.29) is 0 Å². The summed E-state index contributed by atoms with van der Waals surface area (Å²) in [6.45, 7) is 25.7. The van der Waals surface area contributed by atoms with Gasteiger partial charge in [0.2, 0.25) is 0 Å². The molecule has 0 aromatic carbocycles. The van der Waals surface area contributed by atoms with Crippen molar-refractivity contribution in [1.82, 2.24) is 19.6 Å². The minimum absolute atomic E-state index is 0.348. The van der Waals surface area contributed by atoms with Crippen LogP contribution in [0.4, 0.5) is 0 Å². The van der Waals surface area contributed by atoms with Gasteiger partial charge in [-0.25, -0.2) is 0 Å². The Morgan fingerprint density at radius 2 is 1.23 bits per heavy atom. The maximum atomic E-state index is 2.75. The molecule has 0 atom stereocenters. The highest BCUT2D eigenvalue weighted by Gasteiger charge is 2.38. The Bertz CT molecular complexity index is 428. The smallest absolute Gasteiger partial charge is 0.0351 e. The summed E-state index contributed by atoms with van der Waals surface area (Å²) < 4.78 is 0. The molecule has 4 heteroatoms. The van der Waals surface area contributed by atoms with Gasteiger partial charge in [-0.05, 0) is 86.4 Å². The van der Waals surface area contributed by atoms with Gasteiger partial charge in [-0.15, -0.1) is 0 Å². The van der Waals surface area contributed by atoms with Crippen LogP contribution in [0.2, 0.25) is 0 Å². The Labute approximate surface area is 162 Å². The lowest BCUT2D eigenvalue weighted by atomic mass is 9.90. The molecule has 3 heterocycles. The van der Waals surface area contributed by atoms with E-state index in [1.54, 1.807) is 0 Å². The van der Waals surface area contributed by atoms with Gasteiger partial charge in [-0.2, -0.15) is 0 Å². The first-order chi connectivity index (χ1) is 12.1. The van der Waals surface area contributed by atoms with E-state index < -0.39 is 0 Å². The molecule has 26 heavy (non-hydrogen) atoms. The average Bonchev–Trinajstić information content (AvgIpc) is 2.51. The second-order valence-corrected chi connectivity index (χ2v) is 11.0. The van der Waals surface area contributed by atoms with Crippen molar-refractivity contribution >= 4 is 0 Å². The van der Waals surface area contributed by atoms with Crippen LogP contribution >= 0.6 is 0 Å². The van der Waals surface area contributed by atoms with Gasteiger partial charge in [-0.3, -0.25) is 14.7 Å². The van der Waals surface area contributed by atoms with Crippen molar-refractivity contribution in [2.45, 2.75) is 77.9 Å². The van der Waals surface area contributed by atoms with Gasteiger partial charge >= 0.3 is 0 Å². The fourth-order valence-electron chi connectivity index (χ4n) is 4.84. The van der Waals surface area contributed by atoms with Crippen LogP contribution in [0.1, 0.15) is 60.8 Å². The maximum Gasteiger partial charge on any atom is 0.0351 e. The summed E-state index contributed by atoms with van der Waals surface area (Å²) >= 11 is 0. The topological polar surface area (TPSA) is 13.0 Å². The van der Waals surface area contributed by atoms with E-state index in [0.29, 0.717) is 11.1 Å². The quantitative estimate of drug-likeness (QED) is 0.760. The zero-order chi connectivity index (χ0) is 18.9. The van der Waals surface area contributed by atoms with E-state index in [2.05, 4.69) is 61.1 Å². The predicted molar refractivity (Wildman–Crippen MR) is 112 cm³/mol. The number of hydrogen-bond acceptors (Lipinski definition) is 4. The molecule has 0 aliphatic carbocycles. The van der Waals surface area contributed by atoms with Crippen molar-refractivity contribution in [3.8, 4) is 0 Å². The predicted octanol–water partition coefficient (Wildman–Crippen LogP) is 2.99. The standard InChI is InChI=1S/C22H44N4/c1-21(2,3)25-11-8-19(9-12-25)7-10-23-13-15-24(16-14-23)20-17-26(18-20)22(4,5)6/h19-20H,7-18H2,1-6H3. The molecule has 3 aliphatic rings. The molecular formula is C22H44N4. The number of hydrogen-bond donors (Lipinski definition) is 0. The molecule has 3 fully saturated rings. The first kappa shape index (κ1) is 20.6. The van der Waals surface area contributed by atoms with Crippen LogP contribution in [0.25, 0.3) is 0 Å². The van der Waals surface area contributed by atoms with E-state index >= 15 is 0 Å². The van der Waals surface area contributed by atoms with Gasteiger partial charge in [0, 0.05) is 56.4 Å². The van der Waals surface area contributed by atoms with Crippen molar-refractivity contribution in [3.63, 3.8) is 0 Å². The maximum absolute atomic E-state index is 2.75. The first-order valence-electron chi connectivity index (χ1n) is 11.1. The third-order valence-corrected chi connectivity index (χ3v) is 7.15. The second kappa shape index (κ2) is 8.06. The number of rotatable bonds is 4. The van der Waals surface area contributed by atoms with Crippen LogP contribution < -0.4 is 0 Å². The fraction of sp³-hybridized carbons (Fsp3) is 1.00. The molecule has 4 nitrogen and oxygen atoms in total. The zero-order valence-electron chi connectivity index (χ0n) is 18.4. The summed E-state index contributed by atoms with van der Waals surface area (Å²) in [6, 6.07) is 0.818. The van der Waals surface area contributed by atoms with Gasteiger partial charge in [0.05, 0.1) is 0 Å². The monoisotopic (exact) mass is 364 g/mol. The number of piperidine rings is 1.